The van der Waals surface area contributed by atoms with Gasteiger partial charge in [0.2, 0.25) is 5.91 Å². The summed E-state index contributed by atoms with van der Waals surface area (Å²) >= 11 is 4.35. The van der Waals surface area contributed by atoms with Crippen molar-refractivity contribution in [1.29, 1.82) is 0 Å². The van der Waals surface area contributed by atoms with Gasteiger partial charge in [0.05, 0.1) is 22.6 Å². The Morgan fingerprint density at radius 1 is 1.23 bits per heavy atom. The van der Waals surface area contributed by atoms with Gasteiger partial charge in [-0.3, -0.25) is 19.3 Å². The van der Waals surface area contributed by atoms with Crippen LogP contribution in [0.5, 0.6) is 11.5 Å². The van der Waals surface area contributed by atoms with Gasteiger partial charge >= 0.3 is 0 Å². The summed E-state index contributed by atoms with van der Waals surface area (Å²) in [5, 5.41) is -0.449. The molecule has 0 unspecified atom stereocenters. The van der Waals surface area contributed by atoms with E-state index in [0.29, 0.717) is 34.6 Å². The van der Waals surface area contributed by atoms with Crippen LogP contribution in [0.3, 0.4) is 0 Å². The zero-order valence-corrected chi connectivity index (χ0v) is 22.3. The molecule has 2 aromatic rings. The number of fused-ring (bicyclic) bond motifs is 1. The van der Waals surface area contributed by atoms with E-state index in [2.05, 4.69) is 22.0 Å². The summed E-state index contributed by atoms with van der Waals surface area (Å²) in [5.74, 6) is 0.395. The van der Waals surface area contributed by atoms with Gasteiger partial charge in [0.1, 0.15) is 6.54 Å². The molecular formula is C26H27BrN2O5S. The Balaban J connectivity index is 1.48. The lowest BCUT2D eigenvalue weighted by Crippen LogP contribution is -2.44. The monoisotopic (exact) mass is 558 g/mol. The van der Waals surface area contributed by atoms with Gasteiger partial charge < -0.3 is 14.4 Å². The van der Waals surface area contributed by atoms with Crippen LogP contribution < -0.4 is 9.47 Å². The predicted molar refractivity (Wildman–Crippen MR) is 139 cm³/mol. The maximum absolute atomic E-state index is 13.0. The molecule has 0 bridgehead atoms. The fourth-order valence-electron chi connectivity index (χ4n) is 3.95. The summed E-state index contributed by atoms with van der Waals surface area (Å²) in [6.07, 6.45) is 3.24. The van der Waals surface area contributed by atoms with Crippen molar-refractivity contribution >= 4 is 50.8 Å². The molecule has 7 nitrogen and oxygen atoms in total. The van der Waals surface area contributed by atoms with E-state index >= 15 is 0 Å². The number of hydrogen-bond acceptors (Lipinski definition) is 6. The Morgan fingerprint density at radius 2 is 1.97 bits per heavy atom. The molecule has 3 amide bonds. The number of benzene rings is 2. The van der Waals surface area contributed by atoms with Crippen LogP contribution in [0.4, 0.5) is 4.79 Å². The largest absolute Gasteiger partial charge is 0.493 e. The third kappa shape index (κ3) is 5.56. The Kier molecular flexibility index (Phi) is 7.86. The Labute approximate surface area is 217 Å². The first-order chi connectivity index (χ1) is 16.8. The molecule has 0 aliphatic carbocycles. The number of halogens is 1. The molecule has 0 saturated carbocycles. The zero-order chi connectivity index (χ0) is 25.1. The number of carbonyl (C=O) groups is 3. The van der Waals surface area contributed by atoms with Gasteiger partial charge in [-0.2, -0.15) is 0 Å². The van der Waals surface area contributed by atoms with E-state index in [0.717, 1.165) is 35.1 Å². The minimum Gasteiger partial charge on any atom is -0.493 e. The number of hydrogen-bond donors (Lipinski definition) is 0. The van der Waals surface area contributed by atoms with E-state index in [1.165, 1.54) is 5.56 Å². The standard InChI is InChI=1S/C26H27BrN2O5S/c1-4-16(2)34-24-20(27)11-17(12-21(24)33-3)13-22-25(31)29(26(32)35-22)15-23(30)28-10-9-18-7-5-6-8-19(18)14-28/h5-8,11-13,16H,4,9-10,14-15H2,1-3H3/b22-13-/t16-/m0/s1. The lowest BCUT2D eigenvalue weighted by molar-refractivity contribution is -0.136. The Bertz CT molecular complexity index is 1200. The van der Waals surface area contributed by atoms with E-state index < -0.39 is 11.1 Å². The van der Waals surface area contributed by atoms with Gasteiger partial charge in [-0.15, -0.1) is 0 Å². The highest BCUT2D eigenvalue weighted by molar-refractivity contribution is 9.10. The minimum atomic E-state index is -0.471. The number of imide groups is 1. The second-order valence-corrected chi connectivity index (χ2v) is 10.3. The van der Waals surface area contributed by atoms with Crippen LogP contribution in [0.25, 0.3) is 6.08 Å². The summed E-state index contributed by atoms with van der Waals surface area (Å²) < 4.78 is 12.1. The fourth-order valence-corrected chi connectivity index (χ4v) is 5.35. The minimum absolute atomic E-state index is 0.00784. The van der Waals surface area contributed by atoms with Crippen molar-refractivity contribution in [3.8, 4) is 11.5 Å². The van der Waals surface area contributed by atoms with Gasteiger partial charge in [0.15, 0.2) is 11.5 Å². The third-order valence-corrected chi connectivity index (χ3v) is 7.59. The Morgan fingerprint density at radius 3 is 2.69 bits per heavy atom. The number of ether oxygens (including phenoxy) is 2. The number of methoxy groups -OCH3 is 1. The van der Waals surface area contributed by atoms with Crippen LogP contribution in [0, 0.1) is 0 Å². The molecule has 0 radical (unpaired) electrons. The molecule has 2 aromatic carbocycles. The van der Waals surface area contributed by atoms with E-state index in [1.807, 2.05) is 38.1 Å². The maximum atomic E-state index is 13.0. The van der Waals surface area contributed by atoms with Crippen LogP contribution in [0.15, 0.2) is 45.8 Å². The average molecular weight is 559 g/mol. The van der Waals surface area contributed by atoms with Crippen molar-refractivity contribution in [1.82, 2.24) is 9.80 Å². The van der Waals surface area contributed by atoms with Crippen LogP contribution in [-0.4, -0.2) is 53.2 Å². The zero-order valence-electron chi connectivity index (χ0n) is 19.9. The second kappa shape index (κ2) is 10.9. The van der Waals surface area contributed by atoms with Crippen LogP contribution in [0.2, 0.25) is 0 Å². The lowest BCUT2D eigenvalue weighted by atomic mass is 10.00. The second-order valence-electron chi connectivity index (χ2n) is 8.47. The molecule has 2 aliphatic rings. The molecule has 9 heteroatoms. The molecule has 0 aromatic heterocycles. The van der Waals surface area contributed by atoms with E-state index in [1.54, 1.807) is 24.2 Å². The molecule has 2 heterocycles. The first-order valence-corrected chi connectivity index (χ1v) is 13.1. The molecule has 4 rings (SSSR count). The fraction of sp³-hybridized carbons (Fsp3) is 0.346. The number of carbonyl (C=O) groups excluding carboxylic acids is 3. The Hall–Kier alpha value is -2.78. The van der Waals surface area contributed by atoms with E-state index in [9.17, 15) is 14.4 Å². The number of rotatable bonds is 7. The van der Waals surface area contributed by atoms with Crippen molar-refractivity contribution in [3.05, 3.63) is 62.5 Å². The van der Waals surface area contributed by atoms with Crippen LogP contribution in [-0.2, 0) is 22.6 Å². The van der Waals surface area contributed by atoms with Gasteiger partial charge in [-0.05, 0) is 82.4 Å². The summed E-state index contributed by atoms with van der Waals surface area (Å²) in [6, 6.07) is 11.6. The summed E-state index contributed by atoms with van der Waals surface area (Å²) in [6.45, 7) is 4.80. The summed E-state index contributed by atoms with van der Waals surface area (Å²) in [4.78, 5) is 41.5. The molecular weight excluding hydrogens is 532 g/mol. The summed E-state index contributed by atoms with van der Waals surface area (Å²) in [7, 11) is 1.55. The molecule has 1 saturated heterocycles. The first kappa shape index (κ1) is 25.3. The highest BCUT2D eigenvalue weighted by atomic mass is 79.9. The normalized spacial score (nSPS) is 17.5. The first-order valence-electron chi connectivity index (χ1n) is 11.4. The molecule has 1 atom stereocenters. The van der Waals surface area contributed by atoms with E-state index in [-0.39, 0.29) is 23.5 Å². The SMILES string of the molecule is CC[C@H](C)Oc1c(Br)cc(/C=C2\SC(=O)N(CC(=O)N3CCc4ccccc4C3)C2=O)cc1OC. The van der Waals surface area contributed by atoms with Gasteiger partial charge in [-0.25, -0.2) is 0 Å². The molecule has 1 fully saturated rings. The maximum Gasteiger partial charge on any atom is 0.294 e. The van der Waals surface area contributed by atoms with Crippen molar-refractivity contribution < 1.29 is 23.9 Å². The molecule has 0 spiro atoms. The molecule has 0 N–H and O–H groups in total. The highest BCUT2D eigenvalue weighted by Crippen LogP contribution is 2.39. The number of amides is 3. The van der Waals surface area contributed by atoms with Crippen molar-refractivity contribution in [2.75, 3.05) is 20.2 Å². The summed E-state index contributed by atoms with van der Waals surface area (Å²) in [5.41, 5.74) is 3.00. The van der Waals surface area contributed by atoms with Crippen LogP contribution >= 0.6 is 27.7 Å². The van der Waals surface area contributed by atoms with Gasteiger partial charge in [-0.1, -0.05) is 31.2 Å². The average Bonchev–Trinajstić information content (AvgIpc) is 3.12. The van der Waals surface area contributed by atoms with Crippen molar-refractivity contribution in [2.24, 2.45) is 0 Å². The molecule has 184 valence electrons. The quantitative estimate of drug-likeness (QED) is 0.431. The van der Waals surface area contributed by atoms with Gasteiger partial charge in [0, 0.05) is 13.1 Å². The highest BCUT2D eigenvalue weighted by Gasteiger charge is 2.37. The van der Waals surface area contributed by atoms with Crippen molar-refractivity contribution in [2.45, 2.75) is 39.3 Å². The van der Waals surface area contributed by atoms with Crippen molar-refractivity contribution in [3.63, 3.8) is 0 Å². The van der Waals surface area contributed by atoms with E-state index in [4.69, 9.17) is 9.47 Å². The number of nitrogens with zero attached hydrogens (tertiary/aromatic N) is 2. The van der Waals surface area contributed by atoms with Gasteiger partial charge in [0.25, 0.3) is 11.1 Å². The third-order valence-electron chi connectivity index (χ3n) is 6.09. The van der Waals surface area contributed by atoms with Crippen LogP contribution in [0.1, 0.15) is 37.0 Å². The lowest BCUT2D eigenvalue weighted by Gasteiger charge is -2.29. The predicted octanol–water partition coefficient (Wildman–Crippen LogP) is 5.26. The topological polar surface area (TPSA) is 76.2 Å². The molecule has 2 aliphatic heterocycles. The molecule has 35 heavy (non-hydrogen) atoms. The smallest absolute Gasteiger partial charge is 0.294 e. The number of thioether (sulfide) groups is 1.